The lowest BCUT2D eigenvalue weighted by atomic mass is 10.1. The summed E-state index contributed by atoms with van der Waals surface area (Å²) in [5.41, 5.74) is 3.19. The predicted molar refractivity (Wildman–Crippen MR) is 126 cm³/mol. The Morgan fingerprint density at radius 2 is 1.90 bits per heavy atom. The molecule has 162 valence electrons. The number of fused-ring (bicyclic) bond motifs is 1. The minimum atomic E-state index is 0.00131. The third kappa shape index (κ3) is 4.66. The fourth-order valence-corrected chi connectivity index (χ4v) is 4.75. The van der Waals surface area contributed by atoms with Crippen LogP contribution in [0.3, 0.4) is 0 Å². The number of piperazine rings is 1. The fourth-order valence-electron chi connectivity index (χ4n) is 3.67. The first-order valence-electron chi connectivity index (χ1n) is 10.4. The molecule has 0 N–H and O–H groups in total. The molecule has 0 saturated carbocycles. The molecule has 0 unspecified atom stereocenters. The van der Waals surface area contributed by atoms with Gasteiger partial charge in [0.05, 0.1) is 24.4 Å². The molecule has 4 rings (SSSR count). The maximum atomic E-state index is 12.7. The van der Waals surface area contributed by atoms with E-state index in [4.69, 9.17) is 14.5 Å². The van der Waals surface area contributed by atoms with Crippen molar-refractivity contribution in [2.24, 2.45) is 0 Å². The molecule has 2 aromatic carbocycles. The molecule has 2 heterocycles. The molecule has 0 aliphatic carbocycles. The molecule has 7 heteroatoms. The zero-order valence-electron chi connectivity index (χ0n) is 18.1. The minimum Gasteiger partial charge on any atom is -0.497 e. The van der Waals surface area contributed by atoms with Gasteiger partial charge in [0.15, 0.2) is 5.13 Å². The number of aryl methyl sites for hydroxylation is 1. The van der Waals surface area contributed by atoms with Crippen LogP contribution in [0.1, 0.15) is 18.1 Å². The van der Waals surface area contributed by atoms with Crippen molar-refractivity contribution in [2.45, 2.75) is 13.3 Å². The molecule has 1 saturated heterocycles. The second-order valence-electron chi connectivity index (χ2n) is 7.41. The highest BCUT2D eigenvalue weighted by Gasteiger charge is 2.22. The van der Waals surface area contributed by atoms with E-state index < -0.39 is 0 Å². The van der Waals surface area contributed by atoms with E-state index in [1.807, 2.05) is 23.1 Å². The summed E-state index contributed by atoms with van der Waals surface area (Å²) in [7, 11) is 3.24. The van der Waals surface area contributed by atoms with Gasteiger partial charge in [0, 0.05) is 37.8 Å². The third-order valence-corrected chi connectivity index (χ3v) is 6.63. The Morgan fingerprint density at radius 3 is 2.61 bits per heavy atom. The number of aromatic nitrogens is 1. The summed E-state index contributed by atoms with van der Waals surface area (Å²) in [6.45, 7) is 5.08. The lowest BCUT2D eigenvalue weighted by Crippen LogP contribution is -2.48. The van der Waals surface area contributed by atoms with Crippen molar-refractivity contribution in [2.75, 3.05) is 45.3 Å². The molecular weight excluding hydrogens is 410 g/mol. The summed E-state index contributed by atoms with van der Waals surface area (Å²) >= 11 is 1.73. The van der Waals surface area contributed by atoms with Gasteiger partial charge in [-0.05, 0) is 48.4 Å². The summed E-state index contributed by atoms with van der Waals surface area (Å²) in [6, 6.07) is 12.0. The van der Waals surface area contributed by atoms with Crippen LogP contribution in [0.5, 0.6) is 11.5 Å². The van der Waals surface area contributed by atoms with Gasteiger partial charge in [-0.2, -0.15) is 0 Å². The van der Waals surface area contributed by atoms with Gasteiger partial charge in [-0.1, -0.05) is 24.3 Å². The van der Waals surface area contributed by atoms with Crippen molar-refractivity contribution in [1.29, 1.82) is 0 Å². The minimum absolute atomic E-state index is 0.00131. The summed E-state index contributed by atoms with van der Waals surface area (Å²) < 4.78 is 11.9. The van der Waals surface area contributed by atoms with E-state index in [2.05, 4.69) is 30.0 Å². The summed E-state index contributed by atoms with van der Waals surface area (Å²) in [5.74, 6) is 1.43. The zero-order chi connectivity index (χ0) is 21.8. The fraction of sp³-hybridized carbons (Fsp3) is 0.333. The van der Waals surface area contributed by atoms with Gasteiger partial charge in [0.2, 0.25) is 5.91 Å². The molecule has 1 amide bonds. The number of thiazole rings is 1. The van der Waals surface area contributed by atoms with E-state index in [0.29, 0.717) is 18.8 Å². The van der Waals surface area contributed by atoms with Crippen LogP contribution >= 0.6 is 11.3 Å². The lowest BCUT2D eigenvalue weighted by Gasteiger charge is -2.34. The maximum absolute atomic E-state index is 12.7. The average Bonchev–Trinajstić information content (AvgIpc) is 3.25. The molecule has 1 aromatic heterocycles. The van der Waals surface area contributed by atoms with E-state index in [1.165, 1.54) is 10.3 Å². The van der Waals surface area contributed by atoms with E-state index >= 15 is 0 Å². The predicted octanol–water partition coefficient (Wildman–Crippen LogP) is 4.24. The van der Waals surface area contributed by atoms with Gasteiger partial charge in [0.25, 0.3) is 0 Å². The Kier molecular flexibility index (Phi) is 6.42. The molecular formula is C24H27N3O3S. The van der Waals surface area contributed by atoms with E-state index in [9.17, 15) is 4.79 Å². The quantitative estimate of drug-likeness (QED) is 0.540. The number of amides is 1. The Balaban J connectivity index is 1.39. The number of hydrogen-bond acceptors (Lipinski definition) is 6. The molecule has 3 aromatic rings. The highest BCUT2D eigenvalue weighted by Crippen LogP contribution is 2.30. The molecule has 0 spiro atoms. The van der Waals surface area contributed by atoms with Crippen molar-refractivity contribution < 1.29 is 14.3 Å². The number of carbonyl (C=O) groups is 1. The number of hydrogen-bond donors (Lipinski definition) is 0. The summed E-state index contributed by atoms with van der Waals surface area (Å²) in [6.07, 6.45) is 4.42. The Bertz CT molecular complexity index is 1100. The first-order valence-corrected chi connectivity index (χ1v) is 11.3. The van der Waals surface area contributed by atoms with Crippen LogP contribution in [0.15, 0.2) is 42.5 Å². The molecule has 0 atom stereocenters. The van der Waals surface area contributed by atoms with Crippen molar-refractivity contribution in [3.05, 3.63) is 53.6 Å². The normalized spacial score (nSPS) is 14.4. The maximum Gasteiger partial charge on any atom is 0.246 e. The van der Waals surface area contributed by atoms with Crippen LogP contribution in [0.4, 0.5) is 5.13 Å². The smallest absolute Gasteiger partial charge is 0.246 e. The van der Waals surface area contributed by atoms with Crippen molar-refractivity contribution >= 4 is 38.7 Å². The number of anilines is 1. The second-order valence-corrected chi connectivity index (χ2v) is 8.41. The highest BCUT2D eigenvalue weighted by atomic mass is 32.1. The van der Waals surface area contributed by atoms with Crippen LogP contribution in [-0.4, -0.2) is 56.2 Å². The average molecular weight is 438 g/mol. The summed E-state index contributed by atoms with van der Waals surface area (Å²) in [5, 5.41) is 1.03. The van der Waals surface area contributed by atoms with Crippen molar-refractivity contribution in [3.8, 4) is 11.5 Å². The van der Waals surface area contributed by atoms with E-state index in [-0.39, 0.29) is 5.91 Å². The number of carbonyl (C=O) groups excluding carboxylic acids is 1. The van der Waals surface area contributed by atoms with Gasteiger partial charge in [-0.25, -0.2) is 4.98 Å². The topological polar surface area (TPSA) is 54.9 Å². The van der Waals surface area contributed by atoms with E-state index in [0.717, 1.165) is 41.5 Å². The monoisotopic (exact) mass is 437 g/mol. The molecule has 0 bridgehead atoms. The number of benzene rings is 2. The van der Waals surface area contributed by atoms with Crippen LogP contribution in [0, 0.1) is 0 Å². The van der Waals surface area contributed by atoms with Crippen LogP contribution < -0.4 is 14.4 Å². The first-order chi connectivity index (χ1) is 15.1. The Morgan fingerprint density at radius 1 is 1.10 bits per heavy atom. The van der Waals surface area contributed by atoms with Crippen LogP contribution in [0.2, 0.25) is 0 Å². The zero-order valence-corrected chi connectivity index (χ0v) is 18.9. The molecule has 6 nitrogen and oxygen atoms in total. The first kappa shape index (κ1) is 21.2. The lowest BCUT2D eigenvalue weighted by molar-refractivity contribution is -0.126. The van der Waals surface area contributed by atoms with E-state index in [1.54, 1.807) is 37.7 Å². The third-order valence-electron chi connectivity index (χ3n) is 5.55. The standard InChI is InChI=1S/C24H27N3O3S/c1-4-17-5-8-20-22(15-17)31-24(25-20)27-13-11-26(12-14-27)23(28)10-6-18-16-19(29-2)7-9-21(18)30-3/h5-10,15-16H,4,11-14H2,1-3H3/b10-6+. The number of ether oxygens (including phenoxy) is 2. The van der Waals surface area contributed by atoms with Gasteiger partial charge in [-0.15, -0.1) is 0 Å². The van der Waals surface area contributed by atoms with Crippen LogP contribution in [-0.2, 0) is 11.2 Å². The molecule has 1 aliphatic heterocycles. The van der Waals surface area contributed by atoms with Crippen molar-refractivity contribution in [3.63, 3.8) is 0 Å². The van der Waals surface area contributed by atoms with Gasteiger partial charge in [0.1, 0.15) is 11.5 Å². The number of nitrogens with zero attached hydrogens (tertiary/aromatic N) is 3. The van der Waals surface area contributed by atoms with Crippen molar-refractivity contribution in [1.82, 2.24) is 9.88 Å². The molecule has 0 radical (unpaired) electrons. The number of methoxy groups -OCH3 is 2. The number of rotatable bonds is 6. The van der Waals surface area contributed by atoms with Gasteiger partial charge < -0.3 is 19.3 Å². The summed E-state index contributed by atoms with van der Waals surface area (Å²) in [4.78, 5) is 21.7. The molecule has 1 aliphatic rings. The van der Waals surface area contributed by atoms with Gasteiger partial charge >= 0.3 is 0 Å². The van der Waals surface area contributed by atoms with Crippen LogP contribution in [0.25, 0.3) is 16.3 Å². The molecule has 1 fully saturated rings. The SMILES string of the molecule is CCc1ccc2nc(N3CCN(C(=O)/C=C/c4cc(OC)ccc4OC)CC3)sc2c1. The Hall–Kier alpha value is -3.06. The second kappa shape index (κ2) is 9.39. The Labute approximate surface area is 186 Å². The highest BCUT2D eigenvalue weighted by molar-refractivity contribution is 7.22. The van der Waals surface area contributed by atoms with Gasteiger partial charge in [-0.3, -0.25) is 4.79 Å². The molecule has 31 heavy (non-hydrogen) atoms. The largest absolute Gasteiger partial charge is 0.497 e.